The number of aliphatic imine (C=N–C) groups is 1. The molecule has 244 valence electrons. The zero-order chi connectivity index (χ0) is 32.8. The molecular weight excluding hydrogens is 557 g/mol. The van der Waals surface area contributed by atoms with E-state index in [2.05, 4.69) is 59.0 Å². The van der Waals surface area contributed by atoms with Gasteiger partial charge in [-0.25, -0.2) is 10.4 Å². The molecule has 2 heterocycles. The number of halogens is 1. The molecule has 1 aliphatic rings. The second-order valence-corrected chi connectivity index (χ2v) is 10.1. The first-order valence-corrected chi connectivity index (χ1v) is 14.4. The molecule has 0 saturated carbocycles. The number of carbonyl (C=O) groups is 1. The molecule has 4 atom stereocenters. The van der Waals surface area contributed by atoms with Crippen LogP contribution in [0.25, 0.3) is 0 Å². The van der Waals surface area contributed by atoms with Crippen molar-refractivity contribution in [3.8, 4) is 5.75 Å². The molecule has 0 bridgehead atoms. The minimum Gasteiger partial charge on any atom is -0.508 e. The minimum absolute atomic E-state index is 0.0660. The van der Waals surface area contributed by atoms with E-state index in [9.17, 15) is 9.18 Å². The van der Waals surface area contributed by atoms with Crippen molar-refractivity contribution in [2.24, 2.45) is 16.8 Å². The minimum atomic E-state index is -0.319. The summed E-state index contributed by atoms with van der Waals surface area (Å²) in [5.41, 5.74) is 12.3. The number of rotatable bonds is 11. The Morgan fingerprint density at radius 1 is 1.23 bits per heavy atom. The number of aryl methyl sites for hydroxylation is 1. The number of esters is 1. The van der Waals surface area contributed by atoms with Crippen LogP contribution in [0.4, 0.5) is 21.8 Å². The number of aromatic nitrogens is 2. The van der Waals surface area contributed by atoms with Gasteiger partial charge in [0.05, 0.1) is 37.8 Å². The molecule has 0 aliphatic carbocycles. The van der Waals surface area contributed by atoms with E-state index < -0.39 is 0 Å². The van der Waals surface area contributed by atoms with Gasteiger partial charge in [-0.15, -0.1) is 5.59 Å². The summed E-state index contributed by atoms with van der Waals surface area (Å²) in [6, 6.07) is 8.71. The molecule has 2 aromatic rings. The first-order chi connectivity index (χ1) is 20.5. The maximum absolute atomic E-state index is 11.2. The van der Waals surface area contributed by atoms with Crippen molar-refractivity contribution < 1.29 is 28.6 Å². The van der Waals surface area contributed by atoms with Gasteiger partial charge in [0.2, 0.25) is 5.95 Å². The van der Waals surface area contributed by atoms with Gasteiger partial charge in [-0.2, -0.15) is 4.98 Å². The lowest BCUT2D eigenvalue weighted by Gasteiger charge is -2.12. The van der Waals surface area contributed by atoms with Crippen molar-refractivity contribution in [1.29, 1.82) is 0 Å². The van der Waals surface area contributed by atoms with E-state index in [1.54, 1.807) is 31.3 Å². The topological polar surface area (TPSA) is 165 Å². The molecule has 0 spiro atoms. The molecular formula is C30H52FN7O5. The number of hydrogen-bond donors (Lipinski definition) is 5. The van der Waals surface area contributed by atoms with Crippen LogP contribution in [0.5, 0.6) is 5.75 Å². The van der Waals surface area contributed by atoms with Gasteiger partial charge >= 0.3 is 5.97 Å². The lowest BCUT2D eigenvalue weighted by molar-refractivity contribution is -0.147. The second kappa shape index (κ2) is 23.1. The Morgan fingerprint density at radius 3 is 2.37 bits per heavy atom. The van der Waals surface area contributed by atoms with Crippen molar-refractivity contribution in [2.75, 3.05) is 38.4 Å². The van der Waals surface area contributed by atoms with Crippen LogP contribution >= 0.6 is 0 Å². The summed E-state index contributed by atoms with van der Waals surface area (Å²) in [5, 5.41) is 11.6. The summed E-state index contributed by atoms with van der Waals surface area (Å²) in [6.45, 7) is 14.5. The fourth-order valence-electron chi connectivity index (χ4n) is 3.46. The van der Waals surface area contributed by atoms with Crippen LogP contribution in [0.3, 0.4) is 0 Å². The summed E-state index contributed by atoms with van der Waals surface area (Å²) in [6.07, 6.45) is 4.28. The molecule has 12 nitrogen and oxygen atoms in total. The van der Waals surface area contributed by atoms with Crippen molar-refractivity contribution in [2.45, 2.75) is 79.6 Å². The van der Waals surface area contributed by atoms with Crippen LogP contribution in [-0.4, -0.2) is 72.9 Å². The maximum Gasteiger partial charge on any atom is 0.321 e. The van der Waals surface area contributed by atoms with E-state index in [1.807, 2.05) is 33.1 Å². The average molecular weight is 610 g/mol. The van der Waals surface area contributed by atoms with Crippen LogP contribution in [0.1, 0.15) is 60.1 Å². The number of phenolic OH excluding ortho intramolecular Hbond substituents is 1. The largest absolute Gasteiger partial charge is 0.508 e. The molecule has 1 aliphatic heterocycles. The zero-order valence-electron chi connectivity index (χ0n) is 27.1. The molecule has 43 heavy (non-hydrogen) atoms. The van der Waals surface area contributed by atoms with Gasteiger partial charge in [0, 0.05) is 13.3 Å². The summed E-state index contributed by atoms with van der Waals surface area (Å²) in [7, 11) is 2.30. The van der Waals surface area contributed by atoms with Crippen LogP contribution in [-0.2, 0) is 19.1 Å². The van der Waals surface area contributed by atoms with Crippen molar-refractivity contribution in [3.63, 3.8) is 0 Å². The van der Waals surface area contributed by atoms with Crippen LogP contribution in [0, 0.1) is 18.8 Å². The fraction of sp³-hybridized carbons (Fsp3) is 0.600. The average Bonchev–Trinajstić information content (AvgIpc) is 3.29. The highest BCUT2D eigenvalue weighted by atomic mass is 19.1. The maximum atomic E-state index is 11.2. The van der Waals surface area contributed by atoms with Gasteiger partial charge in [-0.3, -0.25) is 19.0 Å². The molecule has 3 rings (SSSR count). The SMILES string of the molecule is CC(C)OC(=O)CNNOCC1CC(C)C(C)O1.CCC(C)C=Nc1c(C)nc(N)nc1NC.CF.Oc1ccccc1. The Balaban J connectivity index is 0.000000643. The fourth-order valence-corrected chi connectivity index (χ4v) is 3.46. The number of para-hydroxylation sites is 1. The third kappa shape index (κ3) is 18.0. The highest BCUT2D eigenvalue weighted by Gasteiger charge is 2.28. The molecule has 6 N–H and O–H groups in total. The lowest BCUT2D eigenvalue weighted by Crippen LogP contribution is -2.39. The Kier molecular flexibility index (Phi) is 21.3. The molecule has 1 saturated heterocycles. The quantitative estimate of drug-likeness (QED) is 0.102. The molecule has 0 radical (unpaired) electrons. The van der Waals surface area contributed by atoms with Gasteiger partial charge in [0.1, 0.15) is 18.0 Å². The Bertz CT molecular complexity index is 1040. The van der Waals surface area contributed by atoms with E-state index in [4.69, 9.17) is 25.2 Å². The first kappa shape index (κ1) is 39.6. The van der Waals surface area contributed by atoms with E-state index in [0.29, 0.717) is 37.2 Å². The number of nitrogens with one attached hydrogen (secondary N) is 3. The van der Waals surface area contributed by atoms with Gasteiger partial charge in [0.25, 0.3) is 0 Å². The summed E-state index contributed by atoms with van der Waals surface area (Å²) >= 11 is 0. The second-order valence-electron chi connectivity index (χ2n) is 10.1. The van der Waals surface area contributed by atoms with Crippen molar-refractivity contribution in [3.05, 3.63) is 36.0 Å². The van der Waals surface area contributed by atoms with E-state index in [0.717, 1.165) is 24.2 Å². The number of aromatic hydroxyl groups is 1. The number of hydrazine groups is 1. The standard InChI is InChI=1S/C12H24N2O4.C11H19N5.C6H6O.CH3F/c1-8(2)17-12(15)6-13-14-16-7-11-5-9(3)10(4)18-11;1-5-7(2)6-14-9-8(3)15-11(12)16-10(9)13-4;7-6-4-2-1-3-5-6;1-2/h8-11,13-14H,5-7H2,1-4H3;6-7H,5H2,1-4H3,(H3,12,13,15,16);1-5,7H;1H3. The number of alkyl halides is 1. The van der Waals surface area contributed by atoms with Crippen LogP contribution in [0.15, 0.2) is 35.3 Å². The molecule has 0 amide bonds. The van der Waals surface area contributed by atoms with E-state index >= 15 is 0 Å². The molecule has 1 aromatic heterocycles. The van der Waals surface area contributed by atoms with E-state index in [-0.39, 0.29) is 36.8 Å². The highest BCUT2D eigenvalue weighted by molar-refractivity contribution is 5.73. The lowest BCUT2D eigenvalue weighted by atomic mass is 10.0. The number of ether oxygens (including phenoxy) is 2. The van der Waals surface area contributed by atoms with Gasteiger partial charge < -0.3 is 25.6 Å². The van der Waals surface area contributed by atoms with Gasteiger partial charge in [-0.1, -0.05) is 39.0 Å². The summed E-state index contributed by atoms with van der Waals surface area (Å²) in [5.74, 6) is 1.95. The van der Waals surface area contributed by atoms with Crippen LogP contribution in [0.2, 0.25) is 0 Å². The third-order valence-electron chi connectivity index (χ3n) is 6.03. The Labute approximate surface area is 256 Å². The predicted molar refractivity (Wildman–Crippen MR) is 170 cm³/mol. The summed E-state index contributed by atoms with van der Waals surface area (Å²) < 4.78 is 20.1. The number of carbonyl (C=O) groups excluding carboxylic acids is 1. The van der Waals surface area contributed by atoms with Gasteiger partial charge in [-0.05, 0) is 64.5 Å². The Morgan fingerprint density at radius 2 is 1.88 bits per heavy atom. The zero-order valence-corrected chi connectivity index (χ0v) is 27.1. The molecule has 13 heteroatoms. The number of hydrogen-bond acceptors (Lipinski definition) is 12. The number of nitrogens with zero attached hydrogens (tertiary/aromatic N) is 3. The number of benzene rings is 1. The van der Waals surface area contributed by atoms with Crippen molar-refractivity contribution in [1.82, 2.24) is 21.0 Å². The smallest absolute Gasteiger partial charge is 0.321 e. The van der Waals surface area contributed by atoms with Gasteiger partial charge in [0.15, 0.2) is 5.82 Å². The third-order valence-corrected chi connectivity index (χ3v) is 6.03. The predicted octanol–water partition coefficient (Wildman–Crippen LogP) is 4.91. The number of nitrogens with two attached hydrogens (primary N) is 1. The van der Waals surface area contributed by atoms with Crippen molar-refractivity contribution >= 4 is 29.6 Å². The number of anilines is 2. The monoisotopic (exact) mass is 609 g/mol. The summed E-state index contributed by atoms with van der Waals surface area (Å²) in [4.78, 5) is 28.9. The number of nitrogen functional groups attached to an aromatic ring is 1. The molecule has 4 unspecified atom stereocenters. The molecule has 1 fully saturated rings. The first-order valence-electron chi connectivity index (χ1n) is 14.4. The molecule has 1 aromatic carbocycles. The van der Waals surface area contributed by atoms with E-state index in [1.165, 1.54) is 0 Å². The normalized spacial score (nSPS) is 18.0. The van der Waals surface area contributed by atoms with Crippen LogP contribution < -0.4 is 22.1 Å². The number of phenols is 1. The highest BCUT2D eigenvalue weighted by Crippen LogP contribution is 2.26. The Hall–Kier alpha value is -3.39.